The quantitative estimate of drug-likeness (QED) is 0.740. The molecule has 1 amide bonds. The molecule has 0 atom stereocenters. The van der Waals surface area contributed by atoms with Crippen LogP contribution >= 0.6 is 15.9 Å². The summed E-state index contributed by atoms with van der Waals surface area (Å²) in [6, 6.07) is 11.3. The number of nitrogens with one attached hydrogen (secondary N) is 1. The lowest BCUT2D eigenvalue weighted by atomic mass is 10.1. The molecule has 21 heavy (non-hydrogen) atoms. The van der Waals surface area contributed by atoms with E-state index in [2.05, 4.69) is 21.2 Å². The molecular formula is C15H13BrN2O3. The molecule has 2 aromatic rings. The number of rotatable bonds is 4. The summed E-state index contributed by atoms with van der Waals surface area (Å²) in [5.41, 5.74) is 7.65. The van der Waals surface area contributed by atoms with Crippen LogP contribution in [0, 0.1) is 0 Å². The van der Waals surface area contributed by atoms with Gasteiger partial charge in [-0.1, -0.05) is 12.1 Å². The molecule has 0 bridgehead atoms. The summed E-state index contributed by atoms with van der Waals surface area (Å²) < 4.78 is 0.662. The number of nitrogen functional groups attached to an aromatic ring is 1. The zero-order valence-corrected chi connectivity index (χ0v) is 12.6. The van der Waals surface area contributed by atoms with Crippen LogP contribution in [0.3, 0.4) is 0 Å². The Bertz CT molecular complexity index is 684. The van der Waals surface area contributed by atoms with E-state index in [4.69, 9.17) is 10.8 Å². The Labute approximate surface area is 129 Å². The van der Waals surface area contributed by atoms with E-state index >= 15 is 0 Å². The molecule has 0 aliphatic rings. The van der Waals surface area contributed by atoms with Gasteiger partial charge in [-0.25, -0.2) is 4.79 Å². The molecule has 0 unspecified atom stereocenters. The fourth-order valence-electron chi connectivity index (χ4n) is 1.76. The van der Waals surface area contributed by atoms with E-state index in [9.17, 15) is 9.59 Å². The highest BCUT2D eigenvalue weighted by Gasteiger charge is 2.10. The minimum atomic E-state index is -0.978. The molecule has 0 aliphatic carbocycles. The van der Waals surface area contributed by atoms with E-state index in [-0.39, 0.29) is 11.5 Å². The predicted molar refractivity (Wildman–Crippen MR) is 83.1 cm³/mol. The molecule has 5 nitrogen and oxygen atoms in total. The van der Waals surface area contributed by atoms with Crippen molar-refractivity contribution in [3.05, 3.63) is 63.6 Å². The lowest BCUT2D eigenvalue weighted by Gasteiger charge is -2.08. The lowest BCUT2D eigenvalue weighted by molar-refractivity contribution is 0.0696. The lowest BCUT2D eigenvalue weighted by Crippen LogP contribution is -2.23. The number of nitrogens with two attached hydrogens (primary N) is 1. The van der Waals surface area contributed by atoms with Crippen molar-refractivity contribution in [3.8, 4) is 0 Å². The van der Waals surface area contributed by atoms with Gasteiger partial charge in [0.2, 0.25) is 0 Å². The van der Waals surface area contributed by atoms with Crippen molar-refractivity contribution in [1.29, 1.82) is 0 Å². The first-order chi connectivity index (χ1) is 9.97. The number of carbonyl (C=O) groups is 2. The van der Waals surface area contributed by atoms with Gasteiger partial charge < -0.3 is 16.2 Å². The van der Waals surface area contributed by atoms with Gasteiger partial charge in [0.05, 0.1) is 11.1 Å². The summed E-state index contributed by atoms with van der Waals surface area (Å²) in [7, 11) is 0. The molecule has 0 aliphatic heterocycles. The number of benzene rings is 2. The van der Waals surface area contributed by atoms with Crippen molar-refractivity contribution in [2.45, 2.75) is 6.54 Å². The van der Waals surface area contributed by atoms with E-state index in [0.717, 1.165) is 5.56 Å². The molecule has 108 valence electrons. The van der Waals surface area contributed by atoms with Gasteiger partial charge in [0.1, 0.15) is 0 Å². The number of hydrogen-bond acceptors (Lipinski definition) is 3. The van der Waals surface area contributed by atoms with E-state index in [1.165, 1.54) is 12.1 Å². The predicted octanol–water partition coefficient (Wildman–Crippen LogP) is 2.66. The summed E-state index contributed by atoms with van der Waals surface area (Å²) in [6.45, 7) is 0.306. The van der Waals surface area contributed by atoms with Crippen molar-refractivity contribution in [2.24, 2.45) is 0 Å². The third kappa shape index (κ3) is 3.82. The summed E-state index contributed by atoms with van der Waals surface area (Å²) in [6.07, 6.45) is 0. The van der Waals surface area contributed by atoms with Crippen LogP contribution < -0.4 is 11.1 Å². The normalized spacial score (nSPS) is 10.1. The number of aromatic carboxylic acids is 1. The molecule has 2 aromatic carbocycles. The van der Waals surface area contributed by atoms with Crippen molar-refractivity contribution in [1.82, 2.24) is 5.32 Å². The first kappa shape index (κ1) is 15.1. The maximum absolute atomic E-state index is 12.1. The van der Waals surface area contributed by atoms with Gasteiger partial charge in [-0.15, -0.1) is 0 Å². The van der Waals surface area contributed by atoms with Crippen LogP contribution in [-0.4, -0.2) is 17.0 Å². The molecule has 0 aromatic heterocycles. The van der Waals surface area contributed by atoms with Gasteiger partial charge >= 0.3 is 5.97 Å². The molecule has 2 rings (SSSR count). The second-order valence-corrected chi connectivity index (χ2v) is 5.28. The molecule has 0 fully saturated rings. The number of carboxylic acid groups (broad SMARTS) is 1. The third-order valence-electron chi connectivity index (χ3n) is 2.89. The largest absolute Gasteiger partial charge is 0.478 e. The number of carbonyl (C=O) groups excluding carboxylic acids is 1. The molecule has 0 spiro atoms. The number of hydrogen-bond donors (Lipinski definition) is 3. The molecule has 0 saturated heterocycles. The minimum absolute atomic E-state index is 0.212. The summed E-state index contributed by atoms with van der Waals surface area (Å²) in [5, 5.41) is 11.6. The number of amides is 1. The fourth-order valence-corrected chi connectivity index (χ4v) is 2.19. The zero-order chi connectivity index (χ0) is 15.4. The molecule has 4 N–H and O–H groups in total. The standard InChI is InChI=1S/C15H13BrN2O3/c16-13-6-5-11(17)7-12(13)14(19)18-8-9-1-3-10(4-2-9)15(20)21/h1-7H,8,17H2,(H,18,19)(H,20,21). The molecule has 0 saturated carbocycles. The molecule has 6 heteroatoms. The van der Waals surface area contributed by atoms with Gasteiger partial charge in [0.25, 0.3) is 5.91 Å². The van der Waals surface area contributed by atoms with Gasteiger partial charge in [-0.3, -0.25) is 4.79 Å². The SMILES string of the molecule is Nc1ccc(Br)c(C(=O)NCc2ccc(C(=O)O)cc2)c1. The monoisotopic (exact) mass is 348 g/mol. The van der Waals surface area contributed by atoms with Crippen LogP contribution in [0.2, 0.25) is 0 Å². The van der Waals surface area contributed by atoms with Crippen LogP contribution in [0.4, 0.5) is 5.69 Å². The van der Waals surface area contributed by atoms with Crippen molar-refractivity contribution in [2.75, 3.05) is 5.73 Å². The van der Waals surface area contributed by atoms with Crippen LogP contribution in [-0.2, 0) is 6.54 Å². The molecule has 0 radical (unpaired) electrons. The van der Waals surface area contributed by atoms with Crippen molar-refractivity contribution < 1.29 is 14.7 Å². The highest BCUT2D eigenvalue weighted by atomic mass is 79.9. The van der Waals surface area contributed by atoms with Gasteiger partial charge in [-0.2, -0.15) is 0 Å². The van der Waals surface area contributed by atoms with Crippen LogP contribution in [0.5, 0.6) is 0 Å². The molecular weight excluding hydrogens is 336 g/mol. The smallest absolute Gasteiger partial charge is 0.335 e. The summed E-state index contributed by atoms with van der Waals surface area (Å²) in [5.74, 6) is -1.23. The third-order valence-corrected chi connectivity index (χ3v) is 3.58. The first-order valence-electron chi connectivity index (χ1n) is 6.13. The van der Waals surface area contributed by atoms with E-state index < -0.39 is 5.97 Å². The Morgan fingerprint density at radius 1 is 1.14 bits per heavy atom. The van der Waals surface area contributed by atoms with Crippen LogP contribution in [0.15, 0.2) is 46.9 Å². The fraction of sp³-hybridized carbons (Fsp3) is 0.0667. The van der Waals surface area contributed by atoms with Crippen LogP contribution in [0.1, 0.15) is 26.3 Å². The Hall–Kier alpha value is -2.34. The highest BCUT2D eigenvalue weighted by Crippen LogP contribution is 2.19. The van der Waals surface area contributed by atoms with Gasteiger partial charge in [0, 0.05) is 16.7 Å². The Kier molecular flexibility index (Phi) is 4.59. The Balaban J connectivity index is 2.04. The summed E-state index contributed by atoms with van der Waals surface area (Å²) >= 11 is 3.30. The number of carboxylic acids is 1. The zero-order valence-electron chi connectivity index (χ0n) is 11.0. The number of anilines is 1. The highest BCUT2D eigenvalue weighted by molar-refractivity contribution is 9.10. The maximum atomic E-state index is 12.1. The van der Waals surface area contributed by atoms with E-state index in [1.807, 2.05) is 0 Å². The average Bonchev–Trinajstić information content (AvgIpc) is 2.47. The Morgan fingerprint density at radius 3 is 2.43 bits per heavy atom. The van der Waals surface area contributed by atoms with Crippen LogP contribution in [0.25, 0.3) is 0 Å². The first-order valence-corrected chi connectivity index (χ1v) is 6.92. The maximum Gasteiger partial charge on any atom is 0.335 e. The Morgan fingerprint density at radius 2 is 1.81 bits per heavy atom. The number of halogens is 1. The average molecular weight is 349 g/mol. The van der Waals surface area contributed by atoms with Gasteiger partial charge in [-0.05, 0) is 51.8 Å². The van der Waals surface area contributed by atoms with Gasteiger partial charge in [0.15, 0.2) is 0 Å². The second kappa shape index (κ2) is 6.41. The van der Waals surface area contributed by atoms with E-state index in [1.54, 1.807) is 30.3 Å². The summed E-state index contributed by atoms with van der Waals surface area (Å²) in [4.78, 5) is 22.8. The van der Waals surface area contributed by atoms with Crippen molar-refractivity contribution >= 4 is 33.5 Å². The van der Waals surface area contributed by atoms with Crippen molar-refractivity contribution in [3.63, 3.8) is 0 Å². The topological polar surface area (TPSA) is 92.4 Å². The molecule has 0 heterocycles. The minimum Gasteiger partial charge on any atom is -0.478 e. The van der Waals surface area contributed by atoms with E-state index in [0.29, 0.717) is 22.3 Å². The second-order valence-electron chi connectivity index (χ2n) is 4.42.